The SMILES string of the molecule is CCCN1C2CCC1CC(C(=O)NC(C)(CC)CC)C2. The molecular weight excluding hydrogens is 248 g/mol. The highest BCUT2D eigenvalue weighted by Crippen LogP contribution is 2.39. The van der Waals surface area contributed by atoms with Crippen molar-refractivity contribution in [3.8, 4) is 0 Å². The third kappa shape index (κ3) is 3.19. The highest BCUT2D eigenvalue weighted by atomic mass is 16.2. The highest BCUT2D eigenvalue weighted by molar-refractivity contribution is 5.79. The van der Waals surface area contributed by atoms with Gasteiger partial charge in [-0.25, -0.2) is 0 Å². The molecule has 2 bridgehead atoms. The monoisotopic (exact) mass is 280 g/mol. The van der Waals surface area contributed by atoms with Crippen LogP contribution in [0, 0.1) is 5.92 Å². The van der Waals surface area contributed by atoms with Gasteiger partial charge in [0, 0.05) is 23.5 Å². The molecule has 2 aliphatic heterocycles. The summed E-state index contributed by atoms with van der Waals surface area (Å²) in [5, 5.41) is 3.32. The van der Waals surface area contributed by atoms with Gasteiger partial charge in [0.2, 0.25) is 5.91 Å². The molecule has 0 aromatic heterocycles. The number of rotatable bonds is 6. The van der Waals surface area contributed by atoms with E-state index in [1.165, 1.54) is 25.8 Å². The lowest BCUT2D eigenvalue weighted by molar-refractivity contribution is -0.129. The molecule has 2 rings (SSSR count). The second-order valence-electron chi connectivity index (χ2n) is 7.05. The number of hydrogen-bond acceptors (Lipinski definition) is 2. The number of hydrogen-bond donors (Lipinski definition) is 1. The minimum atomic E-state index is -0.0172. The van der Waals surface area contributed by atoms with E-state index in [9.17, 15) is 4.79 Å². The zero-order valence-electron chi connectivity index (χ0n) is 13.7. The Hall–Kier alpha value is -0.570. The molecule has 2 saturated heterocycles. The van der Waals surface area contributed by atoms with E-state index in [-0.39, 0.29) is 11.5 Å². The number of amides is 1. The van der Waals surface area contributed by atoms with Crippen LogP contribution in [0.15, 0.2) is 0 Å². The van der Waals surface area contributed by atoms with Crippen LogP contribution in [0.5, 0.6) is 0 Å². The maximum Gasteiger partial charge on any atom is 0.223 e. The molecule has 2 unspecified atom stereocenters. The van der Waals surface area contributed by atoms with Crippen LogP contribution in [-0.2, 0) is 4.79 Å². The van der Waals surface area contributed by atoms with Gasteiger partial charge >= 0.3 is 0 Å². The third-order valence-electron chi connectivity index (χ3n) is 5.72. The average Bonchev–Trinajstić information content (AvgIpc) is 2.69. The van der Waals surface area contributed by atoms with E-state index in [0.717, 1.165) is 25.7 Å². The predicted molar refractivity (Wildman–Crippen MR) is 83.7 cm³/mol. The van der Waals surface area contributed by atoms with Crippen LogP contribution in [0.4, 0.5) is 0 Å². The number of piperidine rings is 1. The molecule has 2 heterocycles. The fourth-order valence-corrected chi connectivity index (χ4v) is 3.94. The fourth-order valence-electron chi connectivity index (χ4n) is 3.94. The highest BCUT2D eigenvalue weighted by Gasteiger charge is 2.42. The normalized spacial score (nSPS) is 30.5. The zero-order chi connectivity index (χ0) is 14.8. The zero-order valence-corrected chi connectivity index (χ0v) is 13.7. The lowest BCUT2D eigenvalue weighted by Gasteiger charge is -2.39. The van der Waals surface area contributed by atoms with Crippen molar-refractivity contribution in [3.63, 3.8) is 0 Å². The summed E-state index contributed by atoms with van der Waals surface area (Å²) in [6.45, 7) is 9.97. The van der Waals surface area contributed by atoms with Gasteiger partial charge in [0.1, 0.15) is 0 Å². The number of nitrogens with zero attached hydrogens (tertiary/aromatic N) is 1. The molecule has 3 heteroatoms. The Morgan fingerprint density at radius 3 is 2.15 bits per heavy atom. The maximum atomic E-state index is 12.6. The van der Waals surface area contributed by atoms with Crippen LogP contribution in [0.2, 0.25) is 0 Å². The van der Waals surface area contributed by atoms with Crippen LogP contribution in [0.3, 0.4) is 0 Å². The van der Waals surface area contributed by atoms with E-state index in [2.05, 4.69) is 37.9 Å². The molecule has 2 atom stereocenters. The first-order valence-corrected chi connectivity index (χ1v) is 8.60. The van der Waals surface area contributed by atoms with Crippen molar-refractivity contribution < 1.29 is 4.79 Å². The summed E-state index contributed by atoms with van der Waals surface area (Å²) in [5.41, 5.74) is -0.0172. The topological polar surface area (TPSA) is 32.3 Å². The molecule has 0 spiro atoms. The van der Waals surface area contributed by atoms with Crippen molar-refractivity contribution >= 4 is 5.91 Å². The molecule has 20 heavy (non-hydrogen) atoms. The van der Waals surface area contributed by atoms with Gasteiger partial charge in [-0.3, -0.25) is 9.69 Å². The van der Waals surface area contributed by atoms with Crippen LogP contribution in [0.1, 0.15) is 72.6 Å². The minimum absolute atomic E-state index is 0.0172. The smallest absolute Gasteiger partial charge is 0.223 e. The standard InChI is InChI=1S/C17H32N2O/c1-5-10-19-14-8-9-15(19)12-13(11-14)16(20)18-17(4,6-2)7-3/h13-15H,5-12H2,1-4H3,(H,18,20). The first-order valence-electron chi connectivity index (χ1n) is 8.60. The van der Waals surface area contributed by atoms with Crippen molar-refractivity contribution in [2.75, 3.05) is 6.54 Å². The summed E-state index contributed by atoms with van der Waals surface area (Å²) in [6.07, 6.45) is 8.00. The Kier molecular flexibility index (Phi) is 5.11. The largest absolute Gasteiger partial charge is 0.351 e. The summed E-state index contributed by atoms with van der Waals surface area (Å²) in [7, 11) is 0. The number of carbonyl (C=O) groups is 1. The fraction of sp³-hybridized carbons (Fsp3) is 0.941. The Labute approximate surface area is 124 Å². The van der Waals surface area contributed by atoms with Crippen LogP contribution >= 0.6 is 0 Å². The average molecular weight is 280 g/mol. The molecule has 3 nitrogen and oxygen atoms in total. The molecule has 1 amide bonds. The Balaban J connectivity index is 1.94. The van der Waals surface area contributed by atoms with E-state index in [4.69, 9.17) is 0 Å². The van der Waals surface area contributed by atoms with Crippen LogP contribution in [0.25, 0.3) is 0 Å². The van der Waals surface area contributed by atoms with E-state index >= 15 is 0 Å². The lowest BCUT2D eigenvalue weighted by Crippen LogP contribution is -2.52. The number of nitrogens with one attached hydrogen (secondary N) is 1. The second-order valence-corrected chi connectivity index (χ2v) is 7.05. The van der Waals surface area contributed by atoms with Gasteiger partial charge in [-0.1, -0.05) is 20.8 Å². The van der Waals surface area contributed by atoms with Gasteiger partial charge in [0.15, 0.2) is 0 Å². The van der Waals surface area contributed by atoms with E-state index in [0.29, 0.717) is 18.0 Å². The number of carbonyl (C=O) groups excluding carboxylic acids is 1. The molecule has 0 aliphatic carbocycles. The van der Waals surface area contributed by atoms with Crippen LogP contribution in [-0.4, -0.2) is 35.0 Å². The lowest BCUT2D eigenvalue weighted by atomic mass is 9.87. The summed E-state index contributed by atoms with van der Waals surface area (Å²) in [5.74, 6) is 0.558. The Morgan fingerprint density at radius 2 is 1.70 bits per heavy atom. The molecule has 2 fully saturated rings. The van der Waals surface area contributed by atoms with E-state index in [1.54, 1.807) is 0 Å². The molecule has 0 aromatic carbocycles. The van der Waals surface area contributed by atoms with E-state index < -0.39 is 0 Å². The Morgan fingerprint density at radius 1 is 1.15 bits per heavy atom. The molecule has 0 radical (unpaired) electrons. The first kappa shape index (κ1) is 15.8. The number of fused-ring (bicyclic) bond motifs is 2. The van der Waals surface area contributed by atoms with Gasteiger partial charge in [-0.15, -0.1) is 0 Å². The van der Waals surface area contributed by atoms with Crippen molar-refractivity contribution in [1.82, 2.24) is 10.2 Å². The molecular formula is C17H32N2O. The molecule has 2 aliphatic rings. The van der Waals surface area contributed by atoms with E-state index in [1.807, 2.05) is 0 Å². The maximum absolute atomic E-state index is 12.6. The quantitative estimate of drug-likeness (QED) is 0.809. The van der Waals surface area contributed by atoms with Crippen molar-refractivity contribution in [3.05, 3.63) is 0 Å². The Bertz CT molecular complexity index is 324. The molecule has 116 valence electrons. The summed E-state index contributed by atoms with van der Waals surface area (Å²) < 4.78 is 0. The van der Waals surface area contributed by atoms with Crippen LogP contribution < -0.4 is 5.32 Å². The van der Waals surface area contributed by atoms with Crippen molar-refractivity contribution in [2.45, 2.75) is 90.3 Å². The van der Waals surface area contributed by atoms with Crippen molar-refractivity contribution in [2.24, 2.45) is 5.92 Å². The van der Waals surface area contributed by atoms with Gasteiger partial charge in [0.25, 0.3) is 0 Å². The minimum Gasteiger partial charge on any atom is -0.351 e. The summed E-state index contributed by atoms with van der Waals surface area (Å²) >= 11 is 0. The summed E-state index contributed by atoms with van der Waals surface area (Å²) in [6, 6.07) is 1.33. The van der Waals surface area contributed by atoms with Gasteiger partial charge < -0.3 is 5.32 Å². The predicted octanol–water partition coefficient (Wildman–Crippen LogP) is 3.33. The molecule has 1 N–H and O–H groups in total. The second kappa shape index (κ2) is 6.46. The molecule has 0 saturated carbocycles. The van der Waals surface area contributed by atoms with Gasteiger partial charge in [-0.05, 0) is 58.4 Å². The van der Waals surface area contributed by atoms with Gasteiger partial charge in [0.05, 0.1) is 0 Å². The van der Waals surface area contributed by atoms with Crippen molar-refractivity contribution in [1.29, 1.82) is 0 Å². The summed E-state index contributed by atoms with van der Waals surface area (Å²) in [4.78, 5) is 15.3. The first-order chi connectivity index (χ1) is 9.53. The third-order valence-corrected chi connectivity index (χ3v) is 5.72. The van der Waals surface area contributed by atoms with Gasteiger partial charge in [-0.2, -0.15) is 0 Å². The molecule has 0 aromatic rings.